The van der Waals surface area contributed by atoms with Gasteiger partial charge in [0.25, 0.3) is 0 Å². The molecule has 0 aliphatic carbocycles. The van der Waals surface area contributed by atoms with Crippen molar-refractivity contribution in [3.63, 3.8) is 0 Å². The van der Waals surface area contributed by atoms with Crippen LogP contribution in [-0.2, 0) is 11.3 Å². The molecule has 0 spiro atoms. The van der Waals surface area contributed by atoms with Crippen LogP contribution in [0.4, 0.5) is 0 Å². The Balaban J connectivity index is 2.44. The predicted molar refractivity (Wildman–Crippen MR) is 59.0 cm³/mol. The maximum Gasteiger partial charge on any atom is 0.217 e. The van der Waals surface area contributed by atoms with Crippen molar-refractivity contribution in [2.24, 2.45) is 0 Å². The van der Waals surface area contributed by atoms with Crippen LogP contribution in [0.15, 0.2) is 18.3 Å². The normalized spacial score (nSPS) is 10.3. The Morgan fingerprint density at radius 1 is 1.40 bits per heavy atom. The summed E-state index contributed by atoms with van der Waals surface area (Å²) in [6.45, 7) is 2.13. The first-order chi connectivity index (χ1) is 7.38. The number of hydrogen-bond donors (Lipinski definition) is 1. The molecule has 0 bridgehead atoms. The summed E-state index contributed by atoms with van der Waals surface area (Å²) in [5.74, 6) is 0.711. The molecule has 0 radical (unpaired) electrons. The molecular weight excluding hydrogens is 192 g/mol. The van der Waals surface area contributed by atoms with Crippen molar-refractivity contribution in [1.82, 2.24) is 10.3 Å². The Morgan fingerprint density at radius 3 is 3.00 bits per heavy atom. The molecule has 1 rings (SSSR count). The van der Waals surface area contributed by atoms with Crippen LogP contribution in [0.3, 0.4) is 0 Å². The molecule has 0 fully saturated rings. The number of pyridine rings is 1. The zero-order valence-corrected chi connectivity index (χ0v) is 9.32. The Kier molecular flexibility index (Phi) is 5.73. The lowest BCUT2D eigenvalue weighted by Crippen LogP contribution is -2.09. The van der Waals surface area contributed by atoms with Gasteiger partial charge in [0.15, 0.2) is 0 Å². The molecule has 4 heteroatoms. The Hall–Kier alpha value is -1.13. The highest BCUT2D eigenvalue weighted by molar-refractivity contribution is 5.25. The van der Waals surface area contributed by atoms with Gasteiger partial charge in [-0.1, -0.05) is 6.07 Å². The summed E-state index contributed by atoms with van der Waals surface area (Å²) < 4.78 is 10.5. The fourth-order valence-electron chi connectivity index (χ4n) is 1.25. The van der Waals surface area contributed by atoms with Gasteiger partial charge in [-0.05, 0) is 13.1 Å². The van der Waals surface area contributed by atoms with Crippen molar-refractivity contribution in [1.29, 1.82) is 0 Å². The number of aromatic nitrogens is 1. The average Bonchev–Trinajstić information content (AvgIpc) is 2.27. The Bertz CT molecular complexity index is 279. The number of rotatable bonds is 7. The van der Waals surface area contributed by atoms with Crippen LogP contribution in [0.2, 0.25) is 0 Å². The van der Waals surface area contributed by atoms with E-state index in [4.69, 9.17) is 9.47 Å². The van der Waals surface area contributed by atoms with E-state index in [-0.39, 0.29) is 0 Å². The van der Waals surface area contributed by atoms with E-state index in [1.165, 1.54) is 0 Å². The first-order valence-corrected chi connectivity index (χ1v) is 5.08. The molecule has 84 valence electrons. The van der Waals surface area contributed by atoms with E-state index in [0.717, 1.165) is 18.5 Å². The van der Waals surface area contributed by atoms with Crippen LogP contribution in [0.25, 0.3) is 0 Å². The van der Waals surface area contributed by atoms with E-state index in [9.17, 15) is 0 Å². The molecule has 0 atom stereocenters. The van der Waals surface area contributed by atoms with Crippen LogP contribution in [-0.4, -0.2) is 32.4 Å². The van der Waals surface area contributed by atoms with Crippen LogP contribution >= 0.6 is 0 Å². The zero-order valence-electron chi connectivity index (χ0n) is 9.32. The molecule has 1 heterocycles. The average molecular weight is 210 g/mol. The number of hydrogen-bond acceptors (Lipinski definition) is 4. The second-order valence-corrected chi connectivity index (χ2v) is 3.19. The van der Waals surface area contributed by atoms with Crippen LogP contribution in [0.5, 0.6) is 5.88 Å². The van der Waals surface area contributed by atoms with Crippen molar-refractivity contribution in [2.75, 3.05) is 27.4 Å². The lowest BCUT2D eigenvalue weighted by atomic mass is 10.3. The van der Waals surface area contributed by atoms with Crippen molar-refractivity contribution >= 4 is 0 Å². The highest BCUT2D eigenvalue weighted by Crippen LogP contribution is 2.13. The van der Waals surface area contributed by atoms with Crippen molar-refractivity contribution < 1.29 is 9.47 Å². The maximum absolute atomic E-state index is 5.56. The van der Waals surface area contributed by atoms with E-state index in [1.807, 2.05) is 19.2 Å². The molecule has 1 aromatic heterocycles. The number of nitrogens with one attached hydrogen (secondary N) is 1. The molecule has 15 heavy (non-hydrogen) atoms. The van der Waals surface area contributed by atoms with E-state index >= 15 is 0 Å². The number of ether oxygens (including phenoxy) is 2. The summed E-state index contributed by atoms with van der Waals surface area (Å²) in [4.78, 5) is 4.19. The molecule has 4 nitrogen and oxygen atoms in total. The summed E-state index contributed by atoms with van der Waals surface area (Å²) >= 11 is 0. The van der Waals surface area contributed by atoms with E-state index in [1.54, 1.807) is 13.3 Å². The summed E-state index contributed by atoms with van der Waals surface area (Å²) in [6.07, 6.45) is 2.62. The summed E-state index contributed by atoms with van der Waals surface area (Å²) in [7, 11) is 3.59. The van der Waals surface area contributed by atoms with Crippen LogP contribution < -0.4 is 10.1 Å². The van der Waals surface area contributed by atoms with Crippen molar-refractivity contribution in [3.8, 4) is 5.88 Å². The quantitative estimate of drug-likeness (QED) is 0.687. The van der Waals surface area contributed by atoms with Gasteiger partial charge >= 0.3 is 0 Å². The third-order valence-electron chi connectivity index (χ3n) is 1.95. The van der Waals surface area contributed by atoms with Gasteiger partial charge in [-0.3, -0.25) is 0 Å². The molecule has 0 aliphatic rings. The van der Waals surface area contributed by atoms with E-state index in [0.29, 0.717) is 19.1 Å². The van der Waals surface area contributed by atoms with Crippen LogP contribution in [0, 0.1) is 0 Å². The fourth-order valence-corrected chi connectivity index (χ4v) is 1.25. The van der Waals surface area contributed by atoms with Gasteiger partial charge in [0.05, 0.1) is 6.61 Å². The molecule has 0 saturated carbocycles. The fraction of sp³-hybridized carbons (Fsp3) is 0.545. The van der Waals surface area contributed by atoms with Gasteiger partial charge in [0.2, 0.25) is 5.88 Å². The SMILES string of the molecule is CNCc1cccnc1OCCCOC. The van der Waals surface area contributed by atoms with E-state index < -0.39 is 0 Å². The number of nitrogens with zero attached hydrogens (tertiary/aromatic N) is 1. The molecular formula is C11H18N2O2. The third kappa shape index (κ3) is 4.27. The molecule has 0 aromatic carbocycles. The first-order valence-electron chi connectivity index (χ1n) is 5.08. The minimum atomic E-state index is 0.640. The van der Waals surface area contributed by atoms with Gasteiger partial charge in [0.1, 0.15) is 0 Å². The topological polar surface area (TPSA) is 43.4 Å². The van der Waals surface area contributed by atoms with Crippen molar-refractivity contribution in [3.05, 3.63) is 23.9 Å². The summed E-state index contributed by atoms with van der Waals surface area (Å²) in [5.41, 5.74) is 1.08. The monoisotopic (exact) mass is 210 g/mol. The standard InChI is InChI=1S/C11H18N2O2/c1-12-9-10-5-3-6-13-11(10)15-8-4-7-14-2/h3,5-6,12H,4,7-9H2,1-2H3. The molecule has 0 saturated heterocycles. The third-order valence-corrected chi connectivity index (χ3v) is 1.95. The highest BCUT2D eigenvalue weighted by Gasteiger charge is 2.02. The lowest BCUT2D eigenvalue weighted by Gasteiger charge is -2.09. The second kappa shape index (κ2) is 7.20. The summed E-state index contributed by atoms with van der Waals surface area (Å²) in [5, 5.41) is 3.08. The first kappa shape index (κ1) is 11.9. The Labute approximate surface area is 90.6 Å². The molecule has 0 aliphatic heterocycles. The minimum absolute atomic E-state index is 0.640. The molecule has 1 N–H and O–H groups in total. The largest absolute Gasteiger partial charge is 0.477 e. The number of methoxy groups -OCH3 is 1. The highest BCUT2D eigenvalue weighted by atomic mass is 16.5. The van der Waals surface area contributed by atoms with Gasteiger partial charge in [-0.25, -0.2) is 4.98 Å². The van der Waals surface area contributed by atoms with Crippen molar-refractivity contribution in [2.45, 2.75) is 13.0 Å². The van der Waals surface area contributed by atoms with Gasteiger partial charge in [0, 0.05) is 38.4 Å². The minimum Gasteiger partial charge on any atom is -0.477 e. The van der Waals surface area contributed by atoms with Crippen LogP contribution in [0.1, 0.15) is 12.0 Å². The predicted octanol–water partition coefficient (Wildman–Crippen LogP) is 1.22. The molecule has 0 unspecified atom stereocenters. The lowest BCUT2D eigenvalue weighted by molar-refractivity contribution is 0.170. The van der Waals surface area contributed by atoms with Gasteiger partial charge in [-0.2, -0.15) is 0 Å². The second-order valence-electron chi connectivity index (χ2n) is 3.19. The summed E-state index contributed by atoms with van der Waals surface area (Å²) in [6, 6.07) is 3.92. The van der Waals surface area contributed by atoms with Gasteiger partial charge in [-0.15, -0.1) is 0 Å². The Morgan fingerprint density at radius 2 is 2.27 bits per heavy atom. The zero-order chi connectivity index (χ0) is 10.9. The molecule has 1 aromatic rings. The maximum atomic E-state index is 5.56. The smallest absolute Gasteiger partial charge is 0.217 e. The molecule has 0 amide bonds. The van der Waals surface area contributed by atoms with E-state index in [2.05, 4.69) is 10.3 Å². The van der Waals surface area contributed by atoms with Gasteiger partial charge < -0.3 is 14.8 Å².